The van der Waals surface area contributed by atoms with Crippen LogP contribution in [0.5, 0.6) is 0 Å². The number of alkyl halides is 3. The fraction of sp³-hybridized carbons (Fsp3) is 0.424. The van der Waals surface area contributed by atoms with Gasteiger partial charge in [0.2, 0.25) is 12.4 Å². The lowest BCUT2D eigenvalue weighted by Gasteiger charge is -2.15. The number of allylic oxidation sites excluding steroid dienone is 1. The molecular weight excluding hydrogens is 638 g/mol. The fourth-order valence-corrected chi connectivity index (χ4v) is 4.60. The van der Waals surface area contributed by atoms with Crippen molar-refractivity contribution in [3.63, 3.8) is 0 Å². The van der Waals surface area contributed by atoms with Gasteiger partial charge in [-0.05, 0) is 69.2 Å². The van der Waals surface area contributed by atoms with Gasteiger partial charge in [-0.2, -0.15) is 17.6 Å². The predicted octanol–water partition coefficient (Wildman–Crippen LogP) is 3.84. The smallest absolute Gasteiger partial charge is 0.416 e. The summed E-state index contributed by atoms with van der Waals surface area (Å²) in [5, 5.41) is 24.4. The number of halogens is 4. The summed E-state index contributed by atoms with van der Waals surface area (Å²) in [5.74, 6) is -2.65. The second-order valence-electron chi connectivity index (χ2n) is 11.4. The number of amides is 4. The molecule has 0 saturated carbocycles. The molecule has 4 N–H and O–H groups in total. The molecule has 0 fully saturated rings. The van der Waals surface area contributed by atoms with Gasteiger partial charge in [0.15, 0.2) is 5.76 Å². The number of aromatic nitrogens is 1. The molecule has 3 rings (SSSR count). The number of carbonyl (C=O) groups excluding carboxylic acids is 4. The van der Waals surface area contributed by atoms with Crippen LogP contribution < -0.4 is 10.6 Å². The van der Waals surface area contributed by atoms with Crippen molar-refractivity contribution in [3.8, 4) is 0 Å². The van der Waals surface area contributed by atoms with E-state index in [1.54, 1.807) is 19.1 Å². The number of benzene rings is 1. The summed E-state index contributed by atoms with van der Waals surface area (Å²) in [6, 6.07) is 5.92. The van der Waals surface area contributed by atoms with Gasteiger partial charge in [-0.3, -0.25) is 19.2 Å². The molecule has 48 heavy (non-hydrogen) atoms. The number of hydrogen-bond acceptors (Lipinski definition) is 7. The Bertz CT molecular complexity index is 1550. The zero-order chi connectivity index (χ0) is 36.2. The van der Waals surface area contributed by atoms with Crippen LogP contribution in [0.15, 0.2) is 53.1 Å². The van der Waals surface area contributed by atoms with Crippen molar-refractivity contribution in [1.82, 2.24) is 25.4 Å². The average molecular weight is 680 g/mol. The number of rotatable bonds is 13. The van der Waals surface area contributed by atoms with Gasteiger partial charge in [0.25, 0.3) is 17.7 Å². The van der Waals surface area contributed by atoms with Crippen molar-refractivity contribution < 1.29 is 47.0 Å². The maximum absolute atomic E-state index is 13.0. The van der Waals surface area contributed by atoms with Crippen molar-refractivity contribution >= 4 is 24.1 Å². The topological polar surface area (TPSA) is 152 Å². The monoisotopic (exact) mass is 679 g/mol. The van der Waals surface area contributed by atoms with Crippen molar-refractivity contribution in [3.05, 3.63) is 86.9 Å². The maximum atomic E-state index is 13.0. The Kier molecular flexibility index (Phi) is 14.6. The average Bonchev–Trinajstić information content (AvgIpc) is 3.28. The minimum Gasteiger partial charge on any atom is -0.512 e. The van der Waals surface area contributed by atoms with Gasteiger partial charge < -0.3 is 30.6 Å². The molecule has 0 unspecified atom stereocenters. The molecule has 0 radical (unpaired) electrons. The lowest BCUT2D eigenvalue weighted by molar-refractivity contribution is -0.138. The lowest BCUT2D eigenvalue weighted by Crippen LogP contribution is -2.32. The first-order valence-electron chi connectivity index (χ1n) is 15.0. The fourth-order valence-electron chi connectivity index (χ4n) is 4.60. The second-order valence-corrected chi connectivity index (χ2v) is 11.4. The number of hydrogen-bond donors (Lipinski definition) is 4. The van der Waals surface area contributed by atoms with Crippen molar-refractivity contribution in [2.75, 3.05) is 40.3 Å². The quantitative estimate of drug-likeness (QED) is 0.0627. The number of nitrogens with zero attached hydrogens (tertiary/aromatic N) is 3. The highest BCUT2D eigenvalue weighted by Gasteiger charge is 2.32. The van der Waals surface area contributed by atoms with Gasteiger partial charge in [0.1, 0.15) is 0 Å². The van der Waals surface area contributed by atoms with Crippen LogP contribution >= 0.6 is 0 Å². The highest BCUT2D eigenvalue weighted by molar-refractivity contribution is 6.06. The predicted molar refractivity (Wildman–Crippen MR) is 169 cm³/mol. The van der Waals surface area contributed by atoms with Crippen LogP contribution in [0.4, 0.5) is 17.6 Å². The van der Waals surface area contributed by atoms with Crippen LogP contribution in [0.3, 0.4) is 0 Å². The molecule has 1 aliphatic heterocycles. The molecule has 0 bridgehead atoms. The van der Waals surface area contributed by atoms with E-state index in [0.717, 1.165) is 11.6 Å². The van der Waals surface area contributed by atoms with E-state index in [2.05, 4.69) is 15.6 Å². The molecule has 1 aromatic carbocycles. The van der Waals surface area contributed by atoms with Crippen LogP contribution in [0.1, 0.15) is 47.6 Å². The van der Waals surface area contributed by atoms with E-state index in [1.807, 2.05) is 0 Å². The molecule has 4 amide bonds. The third kappa shape index (κ3) is 11.7. The molecule has 0 aliphatic carbocycles. The Balaban J connectivity index is 0.000000338. The van der Waals surface area contributed by atoms with Gasteiger partial charge in [-0.25, -0.2) is 4.98 Å². The molecule has 262 valence electrons. The zero-order valence-electron chi connectivity index (χ0n) is 27.5. The summed E-state index contributed by atoms with van der Waals surface area (Å²) < 4.78 is 51.8. The number of pyridine rings is 1. The van der Waals surface area contributed by atoms with Gasteiger partial charge in [0, 0.05) is 38.9 Å². The van der Waals surface area contributed by atoms with Crippen molar-refractivity contribution in [2.45, 2.75) is 52.6 Å². The number of carbonyl (C=O) groups is 4. The zero-order valence-corrected chi connectivity index (χ0v) is 27.5. The molecular formula is C33H41F4N5O6. The maximum Gasteiger partial charge on any atom is 0.416 e. The number of nitrogens with one attached hydrogen (secondary N) is 2. The first-order chi connectivity index (χ1) is 22.5. The third-order valence-electron chi connectivity index (χ3n) is 7.34. The summed E-state index contributed by atoms with van der Waals surface area (Å²) in [6.07, 6.45) is -0.275. The molecule has 15 heteroatoms. The summed E-state index contributed by atoms with van der Waals surface area (Å²) in [5.41, 5.74) is 1.59. The molecule has 11 nitrogen and oxygen atoms in total. The van der Waals surface area contributed by atoms with Crippen LogP contribution in [0.2, 0.25) is 0 Å². The van der Waals surface area contributed by atoms with Gasteiger partial charge >= 0.3 is 6.18 Å². The van der Waals surface area contributed by atoms with Crippen molar-refractivity contribution in [2.24, 2.45) is 0 Å². The Morgan fingerprint density at radius 2 is 1.69 bits per heavy atom. The number of aliphatic hydroxyl groups is 2. The van der Waals surface area contributed by atoms with Crippen molar-refractivity contribution in [1.29, 1.82) is 0 Å². The molecule has 1 aromatic heterocycles. The van der Waals surface area contributed by atoms with E-state index in [1.165, 1.54) is 50.0 Å². The largest absolute Gasteiger partial charge is 0.512 e. The minimum absolute atomic E-state index is 0.0371. The van der Waals surface area contributed by atoms with Gasteiger partial charge in [0.05, 0.1) is 35.6 Å². The SMILES string of the molecule is C/C(O)=C(\CN(C)C=O)C(=O)NCCCc1ccc(C)c(C(F)(F)F)c1.Cc1cc(CCCNC(=O)C2=C(O)C(=O)N(C)C2)cnc1F. The van der Waals surface area contributed by atoms with E-state index in [-0.39, 0.29) is 42.1 Å². The Morgan fingerprint density at radius 3 is 2.23 bits per heavy atom. The van der Waals surface area contributed by atoms with Crippen LogP contribution in [0, 0.1) is 19.8 Å². The molecule has 0 spiro atoms. The van der Waals surface area contributed by atoms with Crippen LogP contribution in [-0.2, 0) is 38.2 Å². The Hall–Kier alpha value is -4.95. The number of likely N-dealkylation sites (N-methyl/N-ethyl adjacent to an activating group) is 2. The van der Waals surface area contributed by atoms with Gasteiger partial charge in [-0.15, -0.1) is 0 Å². The van der Waals surface area contributed by atoms with Gasteiger partial charge in [-0.1, -0.05) is 18.2 Å². The van der Waals surface area contributed by atoms with E-state index >= 15 is 0 Å². The summed E-state index contributed by atoms with van der Waals surface area (Å²) in [6.45, 7) is 5.10. The standard InChI is InChI=1S/C18H23F3N2O3.C15H18FN3O3/c1-12-6-7-14(9-16(12)18(19,20)21)5-4-8-22-17(26)15(13(2)25)10-23(3)11-24;1-9-6-10(7-18-13(9)16)4-3-5-17-14(21)11-8-19(2)15(22)12(11)20/h6-7,9,11,25H,4-5,8,10H2,1-3H3,(H,22,26);6-7,20H,3-5,8H2,1-2H3,(H,17,21)/b15-13-;. The van der Waals surface area contributed by atoms with E-state index in [4.69, 9.17) is 0 Å². The van der Waals surface area contributed by atoms with E-state index in [0.29, 0.717) is 49.8 Å². The molecule has 2 aromatic rings. The van der Waals surface area contributed by atoms with Crippen LogP contribution in [0.25, 0.3) is 0 Å². The first kappa shape index (κ1) is 39.2. The highest BCUT2D eigenvalue weighted by atomic mass is 19.4. The number of aryl methyl sites for hydroxylation is 4. The normalized spacial score (nSPS) is 13.4. The van der Waals surface area contributed by atoms with E-state index in [9.17, 15) is 47.0 Å². The summed E-state index contributed by atoms with van der Waals surface area (Å²) >= 11 is 0. The highest BCUT2D eigenvalue weighted by Crippen LogP contribution is 2.32. The number of aliphatic hydroxyl groups excluding tert-OH is 2. The molecule has 1 aliphatic rings. The van der Waals surface area contributed by atoms with Crippen LogP contribution in [-0.4, -0.2) is 89.4 Å². The third-order valence-corrected chi connectivity index (χ3v) is 7.34. The molecule has 0 saturated heterocycles. The molecule has 2 heterocycles. The summed E-state index contributed by atoms with van der Waals surface area (Å²) in [7, 11) is 2.99. The minimum atomic E-state index is -4.39. The Morgan fingerprint density at radius 1 is 1.06 bits per heavy atom. The lowest BCUT2D eigenvalue weighted by atomic mass is 10.0. The summed E-state index contributed by atoms with van der Waals surface area (Å²) in [4.78, 5) is 52.1. The Labute approximate surface area is 276 Å². The first-order valence-corrected chi connectivity index (χ1v) is 15.0. The van der Waals surface area contributed by atoms with E-state index < -0.39 is 41.2 Å². The second kappa shape index (κ2) is 17.8. The molecule has 0 atom stereocenters.